The summed E-state index contributed by atoms with van der Waals surface area (Å²) >= 11 is 0. The zero-order valence-electron chi connectivity index (χ0n) is 12.0. The topological polar surface area (TPSA) is 30.5 Å². The minimum atomic E-state index is 0.590. The van der Waals surface area contributed by atoms with Crippen molar-refractivity contribution >= 4 is 0 Å². The molecule has 0 spiro atoms. The van der Waals surface area contributed by atoms with Gasteiger partial charge in [0, 0.05) is 12.1 Å². The fourth-order valence-electron chi connectivity index (χ4n) is 2.13. The van der Waals surface area contributed by atoms with Gasteiger partial charge >= 0.3 is 0 Å². The van der Waals surface area contributed by atoms with Crippen molar-refractivity contribution in [3.63, 3.8) is 0 Å². The highest BCUT2D eigenvalue weighted by molar-refractivity contribution is 5.38. The van der Waals surface area contributed by atoms with E-state index in [1.165, 1.54) is 18.4 Å². The zero-order chi connectivity index (χ0) is 13.4. The minimum Gasteiger partial charge on any atom is -0.497 e. The number of nitrogens with one attached hydrogen (secondary N) is 1. The van der Waals surface area contributed by atoms with E-state index in [1.807, 2.05) is 13.1 Å². The Hall–Kier alpha value is -1.22. The highest BCUT2D eigenvalue weighted by atomic mass is 16.5. The molecule has 1 N–H and O–H groups in total. The largest absolute Gasteiger partial charge is 0.497 e. The number of methoxy groups -OCH3 is 2. The highest BCUT2D eigenvalue weighted by Gasteiger charge is 2.07. The summed E-state index contributed by atoms with van der Waals surface area (Å²) in [5.41, 5.74) is 1.27. The lowest BCUT2D eigenvalue weighted by Crippen LogP contribution is -2.25. The molecule has 102 valence electrons. The molecule has 1 unspecified atom stereocenters. The fraction of sp³-hybridized carbons (Fsp3) is 0.600. The van der Waals surface area contributed by atoms with Gasteiger partial charge in [-0.15, -0.1) is 0 Å². The number of hydrogen-bond donors (Lipinski definition) is 1. The van der Waals surface area contributed by atoms with Gasteiger partial charge in [0.25, 0.3) is 0 Å². The molecule has 0 radical (unpaired) electrons. The SMILES string of the molecule is CCCC(CCc1cc(OC)cc(OC)c1)NC. The number of benzene rings is 1. The third kappa shape index (κ3) is 4.57. The molecule has 0 saturated carbocycles. The van der Waals surface area contributed by atoms with Crippen LogP contribution in [-0.2, 0) is 6.42 Å². The number of rotatable bonds is 8. The maximum atomic E-state index is 5.28. The van der Waals surface area contributed by atoms with E-state index in [-0.39, 0.29) is 0 Å². The zero-order valence-corrected chi connectivity index (χ0v) is 12.0. The summed E-state index contributed by atoms with van der Waals surface area (Å²) in [6, 6.07) is 6.67. The Morgan fingerprint density at radius 1 is 1.06 bits per heavy atom. The van der Waals surface area contributed by atoms with Crippen LogP contribution in [0, 0.1) is 0 Å². The minimum absolute atomic E-state index is 0.590. The molecule has 3 heteroatoms. The molecule has 1 aromatic rings. The summed E-state index contributed by atoms with van der Waals surface area (Å²) in [5.74, 6) is 1.72. The summed E-state index contributed by atoms with van der Waals surface area (Å²) in [5, 5.41) is 3.37. The number of aryl methyl sites for hydroxylation is 1. The second kappa shape index (κ2) is 7.98. The van der Waals surface area contributed by atoms with Crippen molar-refractivity contribution in [1.82, 2.24) is 5.32 Å². The third-order valence-corrected chi connectivity index (χ3v) is 3.24. The van der Waals surface area contributed by atoms with Crippen LogP contribution in [0.1, 0.15) is 31.7 Å². The fourth-order valence-corrected chi connectivity index (χ4v) is 2.13. The normalized spacial score (nSPS) is 12.2. The van der Waals surface area contributed by atoms with E-state index < -0.39 is 0 Å². The lowest BCUT2D eigenvalue weighted by Gasteiger charge is -2.15. The van der Waals surface area contributed by atoms with Gasteiger partial charge in [0.1, 0.15) is 11.5 Å². The van der Waals surface area contributed by atoms with Crippen LogP contribution in [0.4, 0.5) is 0 Å². The lowest BCUT2D eigenvalue weighted by molar-refractivity contribution is 0.393. The first kappa shape index (κ1) is 14.8. The van der Waals surface area contributed by atoms with Gasteiger partial charge in [-0.25, -0.2) is 0 Å². The molecule has 0 fully saturated rings. The Balaban J connectivity index is 2.65. The summed E-state index contributed by atoms with van der Waals surface area (Å²) in [7, 11) is 5.41. The van der Waals surface area contributed by atoms with Crippen molar-refractivity contribution < 1.29 is 9.47 Å². The van der Waals surface area contributed by atoms with Crippen LogP contribution < -0.4 is 14.8 Å². The lowest BCUT2D eigenvalue weighted by atomic mass is 10.0. The second-order valence-corrected chi connectivity index (χ2v) is 4.53. The molecule has 0 aromatic heterocycles. The first-order valence-electron chi connectivity index (χ1n) is 6.62. The molecule has 0 saturated heterocycles. The van der Waals surface area contributed by atoms with E-state index in [9.17, 15) is 0 Å². The van der Waals surface area contributed by atoms with Crippen LogP contribution in [0.2, 0.25) is 0 Å². The van der Waals surface area contributed by atoms with Crippen molar-refractivity contribution in [2.24, 2.45) is 0 Å². The molecule has 1 rings (SSSR count). The van der Waals surface area contributed by atoms with E-state index in [0.29, 0.717) is 6.04 Å². The molecule has 0 bridgehead atoms. The van der Waals surface area contributed by atoms with Crippen LogP contribution in [0.5, 0.6) is 11.5 Å². The maximum Gasteiger partial charge on any atom is 0.122 e. The Bertz CT molecular complexity index is 330. The summed E-state index contributed by atoms with van der Waals surface area (Å²) in [4.78, 5) is 0. The molecular formula is C15H25NO2. The first-order chi connectivity index (χ1) is 8.73. The van der Waals surface area contributed by atoms with Crippen molar-refractivity contribution in [3.05, 3.63) is 23.8 Å². The van der Waals surface area contributed by atoms with Gasteiger partial charge in [-0.3, -0.25) is 0 Å². The molecule has 1 atom stereocenters. The summed E-state index contributed by atoms with van der Waals surface area (Å²) in [6.07, 6.45) is 4.62. The molecule has 1 aromatic carbocycles. The van der Waals surface area contributed by atoms with Crippen molar-refractivity contribution in [3.8, 4) is 11.5 Å². The molecular weight excluding hydrogens is 226 g/mol. The van der Waals surface area contributed by atoms with Crippen LogP contribution in [-0.4, -0.2) is 27.3 Å². The van der Waals surface area contributed by atoms with Gasteiger partial charge in [-0.2, -0.15) is 0 Å². The molecule has 0 aliphatic heterocycles. The third-order valence-electron chi connectivity index (χ3n) is 3.24. The standard InChI is InChI=1S/C15H25NO2/c1-5-6-13(16-2)8-7-12-9-14(17-3)11-15(10-12)18-4/h9-11,13,16H,5-8H2,1-4H3. The summed E-state index contributed by atoms with van der Waals surface area (Å²) in [6.45, 7) is 2.22. The van der Waals surface area contributed by atoms with Crippen LogP contribution >= 0.6 is 0 Å². The molecule has 0 aliphatic rings. The smallest absolute Gasteiger partial charge is 0.122 e. The van der Waals surface area contributed by atoms with Gasteiger partial charge in [0.05, 0.1) is 14.2 Å². The van der Waals surface area contributed by atoms with E-state index in [0.717, 1.165) is 24.3 Å². The predicted octanol–water partition coefficient (Wildman–Crippen LogP) is 3.02. The van der Waals surface area contributed by atoms with E-state index >= 15 is 0 Å². The number of ether oxygens (including phenoxy) is 2. The predicted molar refractivity (Wildman–Crippen MR) is 75.6 cm³/mol. The molecule has 18 heavy (non-hydrogen) atoms. The average Bonchev–Trinajstić information content (AvgIpc) is 2.42. The maximum absolute atomic E-state index is 5.28. The second-order valence-electron chi connectivity index (χ2n) is 4.53. The van der Waals surface area contributed by atoms with Gasteiger partial charge in [0.15, 0.2) is 0 Å². The van der Waals surface area contributed by atoms with Gasteiger partial charge in [-0.1, -0.05) is 13.3 Å². The Kier molecular flexibility index (Phi) is 6.58. The van der Waals surface area contributed by atoms with Crippen LogP contribution in [0.15, 0.2) is 18.2 Å². The van der Waals surface area contributed by atoms with Gasteiger partial charge < -0.3 is 14.8 Å². The number of hydrogen-bond acceptors (Lipinski definition) is 3. The van der Waals surface area contributed by atoms with E-state index in [4.69, 9.17) is 9.47 Å². The van der Waals surface area contributed by atoms with Crippen molar-refractivity contribution in [2.45, 2.75) is 38.6 Å². The van der Waals surface area contributed by atoms with Crippen molar-refractivity contribution in [1.29, 1.82) is 0 Å². The Morgan fingerprint density at radius 2 is 1.67 bits per heavy atom. The molecule has 0 amide bonds. The Morgan fingerprint density at radius 3 is 2.11 bits per heavy atom. The van der Waals surface area contributed by atoms with E-state index in [1.54, 1.807) is 14.2 Å². The quantitative estimate of drug-likeness (QED) is 0.770. The molecule has 0 aliphatic carbocycles. The van der Waals surface area contributed by atoms with Gasteiger partial charge in [0.2, 0.25) is 0 Å². The Labute approximate surface area is 110 Å². The van der Waals surface area contributed by atoms with Crippen molar-refractivity contribution in [2.75, 3.05) is 21.3 Å². The van der Waals surface area contributed by atoms with Crippen LogP contribution in [0.3, 0.4) is 0 Å². The van der Waals surface area contributed by atoms with Gasteiger partial charge in [-0.05, 0) is 44.0 Å². The monoisotopic (exact) mass is 251 g/mol. The average molecular weight is 251 g/mol. The summed E-state index contributed by atoms with van der Waals surface area (Å²) < 4.78 is 10.6. The highest BCUT2D eigenvalue weighted by Crippen LogP contribution is 2.23. The molecule has 3 nitrogen and oxygen atoms in total. The first-order valence-corrected chi connectivity index (χ1v) is 6.62. The molecule has 0 heterocycles. The van der Waals surface area contributed by atoms with Crippen LogP contribution in [0.25, 0.3) is 0 Å². The van der Waals surface area contributed by atoms with E-state index in [2.05, 4.69) is 24.4 Å².